The molecule has 1 heterocycles. The van der Waals surface area contributed by atoms with E-state index in [9.17, 15) is 13.6 Å². The van der Waals surface area contributed by atoms with Crippen LogP contribution in [0, 0.1) is 6.92 Å². The zero-order chi connectivity index (χ0) is 15.6. The van der Waals surface area contributed by atoms with Crippen molar-refractivity contribution in [1.82, 2.24) is 4.90 Å². The number of carbonyl (C=O) groups excluding carboxylic acids is 1. The number of halogens is 3. The van der Waals surface area contributed by atoms with Crippen LogP contribution in [0.5, 0.6) is 0 Å². The number of aliphatic hydroxyl groups excluding tert-OH is 1. The maximum Gasteiger partial charge on any atom is 0.290 e. The molecule has 21 heavy (non-hydrogen) atoms. The molecule has 2 aromatic rings. The number of fused-ring (bicyclic) bond motifs is 1. The first kappa shape index (κ1) is 15.7. The van der Waals surface area contributed by atoms with Crippen molar-refractivity contribution < 1.29 is 23.1 Å². The van der Waals surface area contributed by atoms with E-state index >= 15 is 0 Å². The van der Waals surface area contributed by atoms with Gasteiger partial charge in [-0.2, -0.15) is 0 Å². The first-order valence-electron chi connectivity index (χ1n) is 6.31. The Morgan fingerprint density at radius 3 is 2.81 bits per heavy atom. The second-order valence-corrected chi connectivity index (χ2v) is 5.00. The second-order valence-electron chi connectivity index (χ2n) is 4.56. The summed E-state index contributed by atoms with van der Waals surface area (Å²) in [7, 11) is 0. The molecule has 114 valence electrons. The molecule has 4 nitrogen and oxygen atoms in total. The monoisotopic (exact) mass is 317 g/mol. The molecule has 0 atom stereocenters. The fraction of sp³-hybridized carbons (Fsp3) is 0.357. The van der Waals surface area contributed by atoms with Crippen LogP contribution < -0.4 is 0 Å². The van der Waals surface area contributed by atoms with Crippen molar-refractivity contribution in [3.8, 4) is 0 Å². The molecule has 0 saturated heterocycles. The SMILES string of the molecule is Cc1c(C(=O)N(CCO)CC(F)F)oc2ccc(Cl)cc12. The molecule has 0 spiro atoms. The third-order valence-electron chi connectivity index (χ3n) is 3.11. The predicted molar refractivity (Wildman–Crippen MR) is 75.0 cm³/mol. The van der Waals surface area contributed by atoms with Crippen molar-refractivity contribution in [3.05, 3.63) is 34.5 Å². The molecule has 7 heteroatoms. The average molecular weight is 318 g/mol. The summed E-state index contributed by atoms with van der Waals surface area (Å²) in [5, 5.41) is 10.1. The van der Waals surface area contributed by atoms with Crippen molar-refractivity contribution >= 4 is 28.5 Å². The van der Waals surface area contributed by atoms with Crippen molar-refractivity contribution in [2.75, 3.05) is 19.7 Å². The van der Waals surface area contributed by atoms with Gasteiger partial charge in [0, 0.05) is 22.5 Å². The number of hydrogen-bond acceptors (Lipinski definition) is 3. The van der Waals surface area contributed by atoms with E-state index in [0.717, 1.165) is 4.90 Å². The molecule has 1 amide bonds. The van der Waals surface area contributed by atoms with Crippen LogP contribution in [0.15, 0.2) is 22.6 Å². The summed E-state index contributed by atoms with van der Waals surface area (Å²) in [4.78, 5) is 13.2. The van der Waals surface area contributed by atoms with Crippen molar-refractivity contribution in [1.29, 1.82) is 0 Å². The Kier molecular flexibility index (Phi) is 4.80. The minimum Gasteiger partial charge on any atom is -0.451 e. The Bertz CT molecular complexity index is 657. The van der Waals surface area contributed by atoms with E-state index in [1.54, 1.807) is 25.1 Å². The van der Waals surface area contributed by atoms with Gasteiger partial charge in [0.1, 0.15) is 5.58 Å². The Morgan fingerprint density at radius 1 is 1.48 bits per heavy atom. The summed E-state index contributed by atoms with van der Waals surface area (Å²) in [5.41, 5.74) is 0.996. The molecule has 0 saturated carbocycles. The lowest BCUT2D eigenvalue weighted by molar-refractivity contribution is 0.0484. The highest BCUT2D eigenvalue weighted by Crippen LogP contribution is 2.28. The number of hydrogen-bond donors (Lipinski definition) is 1. The normalized spacial score (nSPS) is 11.3. The summed E-state index contributed by atoms with van der Waals surface area (Å²) >= 11 is 5.89. The zero-order valence-electron chi connectivity index (χ0n) is 11.3. The van der Waals surface area contributed by atoms with Crippen LogP contribution in [-0.4, -0.2) is 42.0 Å². The molecule has 0 aliphatic heterocycles. The maximum atomic E-state index is 12.5. The van der Waals surface area contributed by atoms with E-state index in [1.165, 1.54) is 0 Å². The third kappa shape index (κ3) is 3.33. The highest BCUT2D eigenvalue weighted by molar-refractivity contribution is 6.31. The van der Waals surface area contributed by atoms with Crippen LogP contribution in [0.4, 0.5) is 8.78 Å². The smallest absolute Gasteiger partial charge is 0.290 e. The number of alkyl halides is 2. The number of furan rings is 1. The van der Waals surface area contributed by atoms with Crippen LogP contribution in [0.3, 0.4) is 0 Å². The first-order chi connectivity index (χ1) is 9.93. The van der Waals surface area contributed by atoms with Crippen LogP contribution >= 0.6 is 11.6 Å². The van der Waals surface area contributed by atoms with E-state index in [2.05, 4.69) is 0 Å². The van der Waals surface area contributed by atoms with Gasteiger partial charge >= 0.3 is 0 Å². The minimum absolute atomic E-state index is 0.0126. The standard InChI is InChI=1S/C14H14ClF2NO3/c1-8-10-6-9(15)2-3-11(10)21-13(8)14(20)18(4-5-19)7-12(16)17/h2-3,6,12,19H,4-5,7H2,1H3. The number of rotatable bonds is 5. The van der Waals surface area contributed by atoms with E-state index in [0.29, 0.717) is 21.6 Å². The Hall–Kier alpha value is -1.66. The van der Waals surface area contributed by atoms with Crippen molar-refractivity contribution in [2.24, 2.45) is 0 Å². The number of aliphatic hydroxyl groups is 1. The Morgan fingerprint density at radius 2 is 2.19 bits per heavy atom. The Balaban J connectivity index is 2.39. The minimum atomic E-state index is -2.68. The quantitative estimate of drug-likeness (QED) is 0.922. The summed E-state index contributed by atoms with van der Waals surface area (Å²) in [6.07, 6.45) is -2.68. The third-order valence-corrected chi connectivity index (χ3v) is 3.34. The van der Waals surface area contributed by atoms with Crippen LogP contribution in [-0.2, 0) is 0 Å². The van der Waals surface area contributed by atoms with E-state index < -0.39 is 25.5 Å². The molecule has 0 bridgehead atoms. The number of nitrogens with zero attached hydrogens (tertiary/aromatic N) is 1. The lowest BCUT2D eigenvalue weighted by Crippen LogP contribution is -2.37. The summed E-state index contributed by atoms with van der Waals surface area (Å²) in [5.74, 6) is -0.685. The second kappa shape index (κ2) is 6.41. The number of benzene rings is 1. The van der Waals surface area contributed by atoms with Crippen molar-refractivity contribution in [3.63, 3.8) is 0 Å². The molecule has 1 aromatic heterocycles. The molecule has 1 N–H and O–H groups in total. The van der Waals surface area contributed by atoms with Gasteiger partial charge in [0.2, 0.25) is 0 Å². The molecular formula is C14H14ClF2NO3. The lowest BCUT2D eigenvalue weighted by atomic mass is 10.1. The highest BCUT2D eigenvalue weighted by atomic mass is 35.5. The number of amides is 1. The molecule has 1 aromatic carbocycles. The van der Waals surface area contributed by atoms with Gasteiger partial charge in [-0.25, -0.2) is 8.78 Å². The van der Waals surface area contributed by atoms with E-state index in [4.69, 9.17) is 21.1 Å². The van der Waals surface area contributed by atoms with Crippen molar-refractivity contribution in [2.45, 2.75) is 13.3 Å². The van der Waals surface area contributed by atoms with Crippen LogP contribution in [0.25, 0.3) is 11.0 Å². The van der Waals surface area contributed by atoms with Gasteiger partial charge in [-0.1, -0.05) is 11.6 Å². The van der Waals surface area contributed by atoms with Gasteiger partial charge in [-0.15, -0.1) is 0 Å². The van der Waals surface area contributed by atoms with Gasteiger partial charge in [0.25, 0.3) is 12.3 Å². The van der Waals surface area contributed by atoms with Gasteiger partial charge < -0.3 is 14.4 Å². The largest absolute Gasteiger partial charge is 0.451 e. The molecule has 0 radical (unpaired) electrons. The van der Waals surface area contributed by atoms with Gasteiger partial charge in [0.15, 0.2) is 5.76 Å². The van der Waals surface area contributed by atoms with Gasteiger partial charge in [-0.05, 0) is 25.1 Å². The average Bonchev–Trinajstić information content (AvgIpc) is 2.74. The molecule has 0 fully saturated rings. The van der Waals surface area contributed by atoms with Crippen LogP contribution in [0.2, 0.25) is 5.02 Å². The fourth-order valence-corrected chi connectivity index (χ4v) is 2.28. The van der Waals surface area contributed by atoms with Gasteiger partial charge in [0.05, 0.1) is 13.2 Å². The van der Waals surface area contributed by atoms with E-state index in [1.807, 2.05) is 0 Å². The number of carbonyl (C=O) groups is 1. The summed E-state index contributed by atoms with van der Waals surface area (Å²) in [6.45, 7) is 0.329. The summed E-state index contributed by atoms with van der Waals surface area (Å²) < 4.78 is 30.5. The lowest BCUT2D eigenvalue weighted by Gasteiger charge is -2.20. The number of aryl methyl sites for hydroxylation is 1. The predicted octanol–water partition coefficient (Wildman–Crippen LogP) is 3.09. The van der Waals surface area contributed by atoms with Gasteiger partial charge in [-0.3, -0.25) is 4.79 Å². The molecule has 0 unspecified atom stereocenters. The topological polar surface area (TPSA) is 53.7 Å². The molecule has 2 rings (SSSR count). The van der Waals surface area contributed by atoms with Crippen LogP contribution in [0.1, 0.15) is 16.1 Å². The fourth-order valence-electron chi connectivity index (χ4n) is 2.10. The molecular weight excluding hydrogens is 304 g/mol. The zero-order valence-corrected chi connectivity index (χ0v) is 12.0. The summed E-state index contributed by atoms with van der Waals surface area (Å²) in [6, 6.07) is 4.88. The molecule has 0 aliphatic rings. The highest BCUT2D eigenvalue weighted by Gasteiger charge is 2.25. The maximum absolute atomic E-state index is 12.5. The Labute approximate surface area is 124 Å². The molecule has 0 aliphatic carbocycles. The first-order valence-corrected chi connectivity index (χ1v) is 6.68. The van der Waals surface area contributed by atoms with E-state index in [-0.39, 0.29) is 12.3 Å².